The molecule has 0 bridgehead atoms. The standard InChI is InChI=1S/C14H13FO/c1-10-6-5-9-12(13(10)15)14(16)11-7-3-2-4-8-11/h2-9,14,16H,1H3. The number of aliphatic hydroxyl groups excluding tert-OH is 1. The molecule has 82 valence electrons. The lowest BCUT2D eigenvalue weighted by Crippen LogP contribution is -2.03. The molecule has 1 unspecified atom stereocenters. The predicted molar refractivity (Wildman–Crippen MR) is 61.6 cm³/mol. The minimum atomic E-state index is -0.902. The predicted octanol–water partition coefficient (Wildman–Crippen LogP) is 3.22. The molecule has 0 heterocycles. The van der Waals surface area contributed by atoms with Crippen LogP contribution in [-0.2, 0) is 0 Å². The molecule has 0 spiro atoms. The van der Waals surface area contributed by atoms with Crippen LogP contribution in [0, 0.1) is 12.7 Å². The lowest BCUT2D eigenvalue weighted by molar-refractivity contribution is 0.214. The average Bonchev–Trinajstić information content (AvgIpc) is 2.33. The summed E-state index contributed by atoms with van der Waals surface area (Å²) < 4.78 is 13.8. The molecule has 2 heteroatoms. The van der Waals surface area contributed by atoms with E-state index < -0.39 is 6.10 Å². The van der Waals surface area contributed by atoms with Crippen LogP contribution < -0.4 is 0 Å². The Bertz CT molecular complexity index is 479. The van der Waals surface area contributed by atoms with E-state index in [-0.39, 0.29) is 5.82 Å². The summed E-state index contributed by atoms with van der Waals surface area (Å²) >= 11 is 0. The summed E-state index contributed by atoms with van der Waals surface area (Å²) in [4.78, 5) is 0. The zero-order chi connectivity index (χ0) is 11.5. The zero-order valence-corrected chi connectivity index (χ0v) is 9.02. The summed E-state index contributed by atoms with van der Waals surface area (Å²) in [5.41, 5.74) is 1.57. The summed E-state index contributed by atoms with van der Waals surface area (Å²) in [6, 6.07) is 14.1. The molecular formula is C14H13FO. The van der Waals surface area contributed by atoms with Crippen LogP contribution in [0.3, 0.4) is 0 Å². The van der Waals surface area contributed by atoms with Gasteiger partial charge in [-0.05, 0) is 18.1 Å². The molecule has 0 aliphatic heterocycles. The number of aliphatic hydroxyl groups is 1. The van der Waals surface area contributed by atoms with Crippen LogP contribution in [0.4, 0.5) is 4.39 Å². The van der Waals surface area contributed by atoms with E-state index in [0.717, 1.165) is 0 Å². The first-order valence-electron chi connectivity index (χ1n) is 5.18. The second-order valence-electron chi connectivity index (χ2n) is 3.79. The number of benzene rings is 2. The Morgan fingerprint density at radius 1 is 1.00 bits per heavy atom. The Morgan fingerprint density at radius 2 is 1.69 bits per heavy atom. The summed E-state index contributed by atoms with van der Waals surface area (Å²) in [7, 11) is 0. The average molecular weight is 216 g/mol. The summed E-state index contributed by atoms with van der Waals surface area (Å²) in [5.74, 6) is -0.334. The highest BCUT2D eigenvalue weighted by Crippen LogP contribution is 2.25. The summed E-state index contributed by atoms with van der Waals surface area (Å²) in [5, 5.41) is 10.1. The molecule has 2 aromatic rings. The van der Waals surface area contributed by atoms with E-state index in [1.807, 2.05) is 18.2 Å². The third kappa shape index (κ3) is 1.97. The highest BCUT2D eigenvalue weighted by Gasteiger charge is 2.15. The Hall–Kier alpha value is -1.67. The summed E-state index contributed by atoms with van der Waals surface area (Å²) in [6.45, 7) is 1.69. The van der Waals surface area contributed by atoms with Crippen LogP contribution in [0.2, 0.25) is 0 Å². The molecule has 1 atom stereocenters. The molecule has 2 rings (SSSR count). The lowest BCUT2D eigenvalue weighted by Gasteiger charge is -2.13. The van der Waals surface area contributed by atoms with Crippen molar-refractivity contribution in [3.63, 3.8) is 0 Å². The van der Waals surface area contributed by atoms with Gasteiger partial charge < -0.3 is 5.11 Å². The second kappa shape index (κ2) is 4.45. The molecule has 0 fully saturated rings. The number of aryl methyl sites for hydroxylation is 1. The number of halogens is 1. The van der Waals surface area contributed by atoms with Crippen LogP contribution in [0.5, 0.6) is 0 Å². The van der Waals surface area contributed by atoms with Crippen LogP contribution in [-0.4, -0.2) is 5.11 Å². The lowest BCUT2D eigenvalue weighted by atomic mass is 9.99. The van der Waals surface area contributed by atoms with Crippen molar-refractivity contribution >= 4 is 0 Å². The fourth-order valence-electron chi connectivity index (χ4n) is 1.70. The van der Waals surface area contributed by atoms with Gasteiger partial charge in [0.25, 0.3) is 0 Å². The molecule has 0 aromatic heterocycles. The maximum Gasteiger partial charge on any atom is 0.132 e. The van der Waals surface area contributed by atoms with Gasteiger partial charge in [-0.1, -0.05) is 48.5 Å². The minimum Gasteiger partial charge on any atom is -0.384 e. The molecule has 0 amide bonds. The van der Waals surface area contributed by atoms with E-state index in [4.69, 9.17) is 0 Å². The van der Waals surface area contributed by atoms with Crippen molar-refractivity contribution in [2.75, 3.05) is 0 Å². The van der Waals surface area contributed by atoms with Gasteiger partial charge in [-0.2, -0.15) is 0 Å². The second-order valence-corrected chi connectivity index (χ2v) is 3.79. The van der Waals surface area contributed by atoms with Crippen molar-refractivity contribution in [1.29, 1.82) is 0 Å². The maximum atomic E-state index is 13.8. The van der Waals surface area contributed by atoms with E-state index in [0.29, 0.717) is 16.7 Å². The molecule has 0 saturated carbocycles. The molecule has 0 aliphatic carbocycles. The fourth-order valence-corrected chi connectivity index (χ4v) is 1.70. The minimum absolute atomic E-state index is 0.325. The third-order valence-electron chi connectivity index (χ3n) is 2.63. The van der Waals surface area contributed by atoms with E-state index in [1.54, 1.807) is 37.3 Å². The zero-order valence-electron chi connectivity index (χ0n) is 9.02. The number of rotatable bonds is 2. The first kappa shape index (κ1) is 10.8. The van der Waals surface area contributed by atoms with Gasteiger partial charge in [0, 0.05) is 5.56 Å². The van der Waals surface area contributed by atoms with Crippen molar-refractivity contribution in [1.82, 2.24) is 0 Å². The SMILES string of the molecule is Cc1cccc(C(O)c2ccccc2)c1F. The van der Waals surface area contributed by atoms with Crippen molar-refractivity contribution in [2.45, 2.75) is 13.0 Å². The number of hydrogen-bond acceptors (Lipinski definition) is 1. The normalized spacial score (nSPS) is 12.4. The Balaban J connectivity index is 2.42. The summed E-state index contributed by atoms with van der Waals surface area (Å²) in [6.07, 6.45) is -0.902. The fraction of sp³-hybridized carbons (Fsp3) is 0.143. The smallest absolute Gasteiger partial charge is 0.132 e. The van der Waals surface area contributed by atoms with Gasteiger partial charge in [0.15, 0.2) is 0 Å². The quantitative estimate of drug-likeness (QED) is 0.817. The molecule has 0 radical (unpaired) electrons. The van der Waals surface area contributed by atoms with Crippen LogP contribution in [0.15, 0.2) is 48.5 Å². The van der Waals surface area contributed by atoms with Crippen molar-refractivity contribution in [3.8, 4) is 0 Å². The first-order chi connectivity index (χ1) is 7.70. The van der Waals surface area contributed by atoms with Crippen LogP contribution in [0.25, 0.3) is 0 Å². The third-order valence-corrected chi connectivity index (χ3v) is 2.63. The molecule has 0 aliphatic rings. The van der Waals surface area contributed by atoms with Gasteiger partial charge in [-0.15, -0.1) is 0 Å². The Morgan fingerprint density at radius 3 is 2.38 bits per heavy atom. The monoisotopic (exact) mass is 216 g/mol. The maximum absolute atomic E-state index is 13.8. The highest BCUT2D eigenvalue weighted by molar-refractivity contribution is 5.33. The number of hydrogen-bond donors (Lipinski definition) is 1. The Labute approximate surface area is 94.2 Å². The van der Waals surface area contributed by atoms with E-state index in [1.165, 1.54) is 0 Å². The van der Waals surface area contributed by atoms with Gasteiger partial charge in [-0.3, -0.25) is 0 Å². The van der Waals surface area contributed by atoms with Gasteiger partial charge in [0.1, 0.15) is 11.9 Å². The Kier molecular flexibility index (Phi) is 3.02. The van der Waals surface area contributed by atoms with Gasteiger partial charge >= 0.3 is 0 Å². The largest absolute Gasteiger partial charge is 0.384 e. The topological polar surface area (TPSA) is 20.2 Å². The molecular weight excluding hydrogens is 203 g/mol. The van der Waals surface area contributed by atoms with E-state index in [9.17, 15) is 9.50 Å². The van der Waals surface area contributed by atoms with E-state index in [2.05, 4.69) is 0 Å². The molecule has 1 N–H and O–H groups in total. The first-order valence-corrected chi connectivity index (χ1v) is 5.18. The van der Waals surface area contributed by atoms with Crippen LogP contribution >= 0.6 is 0 Å². The molecule has 1 nitrogen and oxygen atoms in total. The molecule has 16 heavy (non-hydrogen) atoms. The van der Waals surface area contributed by atoms with Crippen molar-refractivity contribution < 1.29 is 9.50 Å². The van der Waals surface area contributed by atoms with Crippen LogP contribution in [0.1, 0.15) is 22.8 Å². The van der Waals surface area contributed by atoms with Gasteiger partial charge in [0.2, 0.25) is 0 Å². The van der Waals surface area contributed by atoms with Gasteiger partial charge in [-0.25, -0.2) is 4.39 Å². The van der Waals surface area contributed by atoms with Crippen molar-refractivity contribution in [3.05, 3.63) is 71.0 Å². The van der Waals surface area contributed by atoms with Gasteiger partial charge in [0.05, 0.1) is 0 Å². The molecule has 2 aromatic carbocycles. The van der Waals surface area contributed by atoms with Crippen molar-refractivity contribution in [2.24, 2.45) is 0 Å². The van der Waals surface area contributed by atoms with E-state index >= 15 is 0 Å². The highest BCUT2D eigenvalue weighted by atomic mass is 19.1. The molecule has 0 saturated heterocycles.